The van der Waals surface area contributed by atoms with Crippen molar-refractivity contribution in [2.75, 3.05) is 23.9 Å². The molecule has 5 aromatic rings. The summed E-state index contributed by atoms with van der Waals surface area (Å²) in [5.74, 6) is 0.534. The fourth-order valence-electron chi connectivity index (χ4n) is 3.25. The lowest BCUT2D eigenvalue weighted by Crippen LogP contribution is -2.09. The SMILES string of the molecule is OCCNc1cc(N/N=C/c2ccc3occc3c2)nn2cc(-c3ccncc3)nc12. The number of pyridine rings is 1. The molecule has 0 aliphatic rings. The third-order valence-corrected chi connectivity index (χ3v) is 4.70. The largest absolute Gasteiger partial charge is 0.464 e. The number of furan rings is 1. The monoisotopic (exact) mass is 413 g/mol. The predicted molar refractivity (Wildman–Crippen MR) is 119 cm³/mol. The molecule has 154 valence electrons. The van der Waals surface area contributed by atoms with Gasteiger partial charge in [0.2, 0.25) is 0 Å². The van der Waals surface area contributed by atoms with Crippen molar-refractivity contribution >= 4 is 34.3 Å². The molecule has 0 atom stereocenters. The zero-order valence-corrected chi connectivity index (χ0v) is 16.4. The normalized spacial score (nSPS) is 11.5. The molecule has 0 aliphatic carbocycles. The molecule has 9 nitrogen and oxygen atoms in total. The van der Waals surface area contributed by atoms with Crippen LogP contribution in [0.1, 0.15) is 5.56 Å². The Kier molecular flexibility index (Phi) is 4.99. The van der Waals surface area contributed by atoms with Gasteiger partial charge in [0.1, 0.15) is 5.58 Å². The summed E-state index contributed by atoms with van der Waals surface area (Å²) in [5.41, 5.74) is 7.84. The first-order valence-electron chi connectivity index (χ1n) is 9.72. The van der Waals surface area contributed by atoms with E-state index in [4.69, 9.17) is 4.42 Å². The summed E-state index contributed by atoms with van der Waals surface area (Å²) >= 11 is 0. The Hall–Kier alpha value is -4.24. The van der Waals surface area contributed by atoms with Gasteiger partial charge >= 0.3 is 0 Å². The zero-order valence-electron chi connectivity index (χ0n) is 16.4. The van der Waals surface area contributed by atoms with E-state index in [0.717, 1.165) is 33.5 Å². The van der Waals surface area contributed by atoms with E-state index in [2.05, 4.69) is 30.9 Å². The van der Waals surface area contributed by atoms with Crippen LogP contribution in [0.2, 0.25) is 0 Å². The first-order chi connectivity index (χ1) is 15.3. The average Bonchev–Trinajstić information content (AvgIpc) is 3.45. The van der Waals surface area contributed by atoms with Gasteiger partial charge < -0.3 is 14.8 Å². The Labute approximate surface area is 177 Å². The van der Waals surface area contributed by atoms with Gasteiger partial charge in [-0.2, -0.15) is 5.10 Å². The fraction of sp³-hybridized carbons (Fsp3) is 0.0909. The van der Waals surface area contributed by atoms with Crippen LogP contribution in [0.4, 0.5) is 11.5 Å². The summed E-state index contributed by atoms with van der Waals surface area (Å²) in [6, 6.07) is 13.3. The number of benzene rings is 1. The minimum absolute atomic E-state index is 0.00378. The van der Waals surface area contributed by atoms with Crippen molar-refractivity contribution in [2.45, 2.75) is 0 Å². The van der Waals surface area contributed by atoms with Gasteiger partial charge in [-0.25, -0.2) is 9.50 Å². The molecular weight excluding hydrogens is 394 g/mol. The van der Waals surface area contributed by atoms with E-state index < -0.39 is 0 Å². The molecule has 0 bridgehead atoms. The van der Waals surface area contributed by atoms with E-state index in [0.29, 0.717) is 18.0 Å². The molecule has 3 N–H and O–H groups in total. The number of nitrogens with zero attached hydrogens (tertiary/aromatic N) is 5. The van der Waals surface area contributed by atoms with Crippen LogP contribution in [0, 0.1) is 0 Å². The molecule has 0 radical (unpaired) electrons. The number of hydrazone groups is 1. The van der Waals surface area contributed by atoms with Gasteiger partial charge in [-0.1, -0.05) is 0 Å². The van der Waals surface area contributed by atoms with Crippen LogP contribution in [-0.2, 0) is 0 Å². The molecule has 0 saturated heterocycles. The zero-order chi connectivity index (χ0) is 21.0. The van der Waals surface area contributed by atoms with E-state index in [1.165, 1.54) is 0 Å². The second kappa shape index (κ2) is 8.25. The molecule has 31 heavy (non-hydrogen) atoms. The number of nitrogens with one attached hydrogen (secondary N) is 2. The molecule has 5 rings (SSSR count). The third-order valence-electron chi connectivity index (χ3n) is 4.70. The van der Waals surface area contributed by atoms with Gasteiger partial charge in [0.05, 0.1) is 36.7 Å². The van der Waals surface area contributed by atoms with Gasteiger partial charge in [0.15, 0.2) is 11.5 Å². The number of hydrogen-bond acceptors (Lipinski definition) is 8. The van der Waals surface area contributed by atoms with Crippen LogP contribution in [0.3, 0.4) is 0 Å². The van der Waals surface area contributed by atoms with Crippen molar-refractivity contribution in [3.63, 3.8) is 0 Å². The Morgan fingerprint density at radius 3 is 2.90 bits per heavy atom. The molecule has 4 heterocycles. The lowest BCUT2D eigenvalue weighted by atomic mass is 10.2. The highest BCUT2D eigenvalue weighted by Gasteiger charge is 2.11. The molecular formula is C22H19N7O2. The lowest BCUT2D eigenvalue weighted by molar-refractivity contribution is 0.311. The first-order valence-corrected chi connectivity index (χ1v) is 9.72. The minimum atomic E-state index is 0.00378. The molecule has 0 aliphatic heterocycles. The molecule has 0 amide bonds. The summed E-state index contributed by atoms with van der Waals surface area (Å²) in [5, 5.41) is 22.3. The van der Waals surface area contributed by atoms with Crippen molar-refractivity contribution in [3.05, 3.63) is 72.9 Å². The average molecular weight is 413 g/mol. The number of hydrogen-bond donors (Lipinski definition) is 3. The highest BCUT2D eigenvalue weighted by atomic mass is 16.3. The van der Waals surface area contributed by atoms with E-state index in [9.17, 15) is 5.11 Å². The highest BCUT2D eigenvalue weighted by Crippen LogP contribution is 2.24. The minimum Gasteiger partial charge on any atom is -0.464 e. The molecule has 0 spiro atoms. The van der Waals surface area contributed by atoms with Crippen LogP contribution in [0.5, 0.6) is 0 Å². The number of aliphatic hydroxyl groups is 1. The third kappa shape index (κ3) is 3.94. The van der Waals surface area contributed by atoms with E-state index in [1.54, 1.807) is 29.4 Å². The van der Waals surface area contributed by atoms with Crippen molar-refractivity contribution in [1.82, 2.24) is 19.6 Å². The van der Waals surface area contributed by atoms with Crippen molar-refractivity contribution in [3.8, 4) is 11.3 Å². The van der Waals surface area contributed by atoms with Gasteiger partial charge in [-0.15, -0.1) is 5.10 Å². The van der Waals surface area contributed by atoms with Gasteiger partial charge in [-0.3, -0.25) is 10.4 Å². The van der Waals surface area contributed by atoms with Gasteiger partial charge in [-0.05, 0) is 42.0 Å². The maximum Gasteiger partial charge on any atom is 0.177 e. The summed E-state index contributed by atoms with van der Waals surface area (Å²) in [6.45, 7) is 0.397. The second-order valence-corrected chi connectivity index (χ2v) is 6.81. The molecule has 9 heteroatoms. The topological polar surface area (TPSA) is 113 Å². The number of aliphatic hydroxyl groups excluding tert-OH is 1. The maximum absolute atomic E-state index is 9.22. The van der Waals surface area contributed by atoms with Gasteiger partial charge in [0.25, 0.3) is 0 Å². The lowest BCUT2D eigenvalue weighted by Gasteiger charge is -2.08. The molecule has 0 unspecified atom stereocenters. The Balaban J connectivity index is 1.44. The standard InChI is InChI=1S/C22H19N7O2/c30-9-8-24-18-12-21(27-25-13-15-1-2-20-17(11-15)5-10-31-20)28-29-14-19(26-22(18)29)16-3-6-23-7-4-16/h1-7,10-14,24,30H,8-9H2,(H,27,28)/b25-13+. The summed E-state index contributed by atoms with van der Waals surface area (Å²) in [7, 11) is 0. The van der Waals surface area contributed by atoms with Crippen LogP contribution in [0.25, 0.3) is 27.9 Å². The smallest absolute Gasteiger partial charge is 0.177 e. The number of fused-ring (bicyclic) bond motifs is 2. The molecule has 1 aromatic carbocycles. The quantitative estimate of drug-likeness (QED) is 0.277. The number of rotatable bonds is 7. The molecule has 0 saturated carbocycles. The Morgan fingerprint density at radius 2 is 2.03 bits per heavy atom. The maximum atomic E-state index is 9.22. The van der Waals surface area contributed by atoms with Crippen LogP contribution >= 0.6 is 0 Å². The number of anilines is 2. The van der Waals surface area contributed by atoms with Crippen LogP contribution < -0.4 is 10.7 Å². The molecule has 4 aromatic heterocycles. The van der Waals surface area contributed by atoms with Crippen molar-refractivity contribution < 1.29 is 9.52 Å². The summed E-state index contributed by atoms with van der Waals surface area (Å²) < 4.78 is 7.05. The van der Waals surface area contributed by atoms with E-state index in [-0.39, 0.29) is 6.61 Å². The summed E-state index contributed by atoms with van der Waals surface area (Å²) in [4.78, 5) is 8.73. The Morgan fingerprint density at radius 1 is 1.13 bits per heavy atom. The summed E-state index contributed by atoms with van der Waals surface area (Å²) in [6.07, 6.45) is 8.67. The first kappa shape index (κ1) is 18.8. The van der Waals surface area contributed by atoms with Crippen molar-refractivity contribution in [1.29, 1.82) is 0 Å². The predicted octanol–water partition coefficient (Wildman–Crippen LogP) is 3.39. The van der Waals surface area contributed by atoms with Crippen LogP contribution in [0.15, 0.2) is 76.8 Å². The fourth-order valence-corrected chi connectivity index (χ4v) is 3.25. The Bertz CT molecular complexity index is 1360. The van der Waals surface area contributed by atoms with Crippen molar-refractivity contribution in [2.24, 2.45) is 5.10 Å². The van der Waals surface area contributed by atoms with E-state index in [1.807, 2.05) is 48.7 Å². The number of aromatic nitrogens is 4. The second-order valence-electron chi connectivity index (χ2n) is 6.81. The van der Waals surface area contributed by atoms with E-state index >= 15 is 0 Å². The van der Waals surface area contributed by atoms with Crippen LogP contribution in [-0.4, -0.2) is 44.1 Å². The van der Waals surface area contributed by atoms with Gasteiger partial charge in [0, 0.05) is 36.0 Å². The highest BCUT2D eigenvalue weighted by molar-refractivity contribution is 5.88. The number of imidazole rings is 1. The molecule has 0 fully saturated rings.